The normalized spacial score (nSPS) is 11.5. The Hall–Kier alpha value is -3.23. The Morgan fingerprint density at radius 2 is 1.43 bits per heavy atom. The SMILES string of the molecule is Cc1cccc(Oc2ccc(CC(C)(C)c3cccc(Oc4ccccc4Cl)c3)c(C(C)C)c2)c1. The summed E-state index contributed by atoms with van der Waals surface area (Å²) in [4.78, 5) is 0. The highest BCUT2D eigenvalue weighted by molar-refractivity contribution is 6.32. The van der Waals surface area contributed by atoms with E-state index in [1.165, 1.54) is 22.3 Å². The molecule has 3 heteroatoms. The first-order valence-corrected chi connectivity index (χ1v) is 12.5. The standard InChI is InChI=1S/C32H33ClO2/c1-22(2)29-20-28(34-26-12-8-10-23(3)18-26)17-16-24(29)21-32(4,5)25-11-9-13-27(19-25)35-31-15-7-6-14-30(31)33/h6-20,22H,21H2,1-5H3. The summed E-state index contributed by atoms with van der Waals surface area (Å²) < 4.78 is 12.3. The average Bonchev–Trinajstić information content (AvgIpc) is 2.81. The van der Waals surface area contributed by atoms with Crippen LogP contribution in [0.1, 0.15) is 55.9 Å². The summed E-state index contributed by atoms with van der Waals surface area (Å²) in [5.41, 5.74) is 4.95. The molecule has 0 spiro atoms. The molecule has 180 valence electrons. The Labute approximate surface area is 214 Å². The number of hydrogen-bond donors (Lipinski definition) is 0. The van der Waals surface area contributed by atoms with E-state index in [1.807, 2.05) is 48.5 Å². The zero-order valence-corrected chi connectivity index (χ0v) is 21.9. The molecular weight excluding hydrogens is 452 g/mol. The van der Waals surface area contributed by atoms with Gasteiger partial charge in [0.25, 0.3) is 0 Å². The van der Waals surface area contributed by atoms with Crippen molar-refractivity contribution in [1.82, 2.24) is 0 Å². The van der Waals surface area contributed by atoms with E-state index >= 15 is 0 Å². The van der Waals surface area contributed by atoms with E-state index in [0.29, 0.717) is 16.7 Å². The van der Waals surface area contributed by atoms with Gasteiger partial charge < -0.3 is 9.47 Å². The summed E-state index contributed by atoms with van der Waals surface area (Å²) in [7, 11) is 0. The number of halogens is 1. The van der Waals surface area contributed by atoms with Crippen molar-refractivity contribution < 1.29 is 9.47 Å². The molecular formula is C32H33ClO2. The van der Waals surface area contributed by atoms with Gasteiger partial charge in [0.05, 0.1) is 5.02 Å². The van der Waals surface area contributed by atoms with Crippen LogP contribution in [0.2, 0.25) is 5.02 Å². The summed E-state index contributed by atoms with van der Waals surface area (Å²) in [6.45, 7) is 11.1. The van der Waals surface area contributed by atoms with Gasteiger partial charge in [-0.25, -0.2) is 0 Å². The predicted octanol–water partition coefficient (Wildman–Crippen LogP) is 9.88. The molecule has 0 N–H and O–H groups in total. The number of rotatable bonds is 8. The van der Waals surface area contributed by atoms with Gasteiger partial charge in [0, 0.05) is 0 Å². The molecule has 0 aliphatic carbocycles. The lowest BCUT2D eigenvalue weighted by Gasteiger charge is -2.28. The fourth-order valence-electron chi connectivity index (χ4n) is 4.36. The summed E-state index contributed by atoms with van der Waals surface area (Å²) in [6.07, 6.45) is 0.904. The van der Waals surface area contributed by atoms with Crippen molar-refractivity contribution >= 4 is 11.6 Å². The average molecular weight is 485 g/mol. The summed E-state index contributed by atoms with van der Waals surface area (Å²) in [5.74, 6) is 3.57. The van der Waals surface area contributed by atoms with Gasteiger partial charge in [-0.2, -0.15) is 0 Å². The van der Waals surface area contributed by atoms with Crippen LogP contribution in [0.25, 0.3) is 0 Å². The molecule has 0 fully saturated rings. The van der Waals surface area contributed by atoms with E-state index in [0.717, 1.165) is 23.7 Å². The Balaban J connectivity index is 1.57. The van der Waals surface area contributed by atoms with Crippen molar-refractivity contribution in [1.29, 1.82) is 0 Å². The maximum absolute atomic E-state index is 6.29. The maximum Gasteiger partial charge on any atom is 0.146 e. The van der Waals surface area contributed by atoms with E-state index in [1.54, 1.807) is 0 Å². The third-order valence-corrected chi connectivity index (χ3v) is 6.59. The maximum atomic E-state index is 6.29. The molecule has 0 radical (unpaired) electrons. The topological polar surface area (TPSA) is 18.5 Å². The summed E-state index contributed by atoms with van der Waals surface area (Å²) >= 11 is 6.29. The minimum atomic E-state index is -0.0948. The lowest BCUT2D eigenvalue weighted by atomic mass is 9.77. The molecule has 4 aromatic carbocycles. The van der Waals surface area contributed by atoms with Crippen LogP contribution in [0.4, 0.5) is 0 Å². The number of ether oxygens (including phenoxy) is 2. The van der Waals surface area contributed by atoms with E-state index in [9.17, 15) is 0 Å². The Bertz CT molecular complexity index is 1310. The van der Waals surface area contributed by atoms with Crippen molar-refractivity contribution in [3.05, 3.63) is 118 Å². The van der Waals surface area contributed by atoms with Crippen LogP contribution in [0.3, 0.4) is 0 Å². The minimum Gasteiger partial charge on any atom is -0.457 e. The van der Waals surface area contributed by atoms with Crippen molar-refractivity contribution in [2.75, 3.05) is 0 Å². The van der Waals surface area contributed by atoms with Crippen LogP contribution in [-0.2, 0) is 11.8 Å². The van der Waals surface area contributed by atoms with Crippen LogP contribution in [-0.4, -0.2) is 0 Å². The zero-order chi connectivity index (χ0) is 25.0. The largest absolute Gasteiger partial charge is 0.457 e. The Kier molecular flexibility index (Phi) is 7.52. The van der Waals surface area contributed by atoms with Crippen LogP contribution < -0.4 is 9.47 Å². The van der Waals surface area contributed by atoms with Crippen molar-refractivity contribution in [3.63, 3.8) is 0 Å². The highest BCUT2D eigenvalue weighted by Gasteiger charge is 2.24. The molecule has 0 aliphatic heterocycles. The zero-order valence-electron chi connectivity index (χ0n) is 21.1. The molecule has 2 nitrogen and oxygen atoms in total. The monoisotopic (exact) mass is 484 g/mol. The quantitative estimate of drug-likeness (QED) is 0.247. The van der Waals surface area contributed by atoms with Gasteiger partial charge in [-0.15, -0.1) is 0 Å². The third-order valence-electron chi connectivity index (χ3n) is 6.28. The van der Waals surface area contributed by atoms with Crippen LogP contribution >= 0.6 is 11.6 Å². The van der Waals surface area contributed by atoms with E-state index < -0.39 is 0 Å². The second-order valence-electron chi connectivity index (χ2n) is 10.1. The first-order chi connectivity index (χ1) is 16.7. The molecule has 0 bridgehead atoms. The van der Waals surface area contributed by atoms with Gasteiger partial charge in [-0.1, -0.05) is 81.8 Å². The fourth-order valence-corrected chi connectivity index (χ4v) is 4.54. The Morgan fingerprint density at radius 3 is 2.14 bits per heavy atom. The van der Waals surface area contributed by atoms with Crippen molar-refractivity contribution in [2.24, 2.45) is 0 Å². The molecule has 0 atom stereocenters. The second-order valence-corrected chi connectivity index (χ2v) is 10.5. The lowest BCUT2D eigenvalue weighted by Crippen LogP contribution is -2.21. The van der Waals surface area contributed by atoms with E-state index in [4.69, 9.17) is 21.1 Å². The molecule has 0 saturated carbocycles. The third kappa shape index (κ3) is 6.26. The molecule has 4 rings (SSSR count). The molecule has 35 heavy (non-hydrogen) atoms. The van der Waals surface area contributed by atoms with Gasteiger partial charge in [0.2, 0.25) is 0 Å². The molecule has 0 unspecified atom stereocenters. The molecule has 4 aromatic rings. The highest BCUT2D eigenvalue weighted by atomic mass is 35.5. The van der Waals surface area contributed by atoms with E-state index in [-0.39, 0.29) is 5.41 Å². The van der Waals surface area contributed by atoms with Crippen molar-refractivity contribution in [2.45, 2.75) is 52.4 Å². The van der Waals surface area contributed by atoms with Gasteiger partial charge in [-0.05, 0) is 95.5 Å². The number of aryl methyl sites for hydroxylation is 1. The Morgan fingerprint density at radius 1 is 0.743 bits per heavy atom. The molecule has 0 heterocycles. The van der Waals surface area contributed by atoms with Crippen LogP contribution in [0.15, 0.2) is 91.0 Å². The number of benzene rings is 4. The smallest absolute Gasteiger partial charge is 0.146 e. The minimum absolute atomic E-state index is 0.0948. The van der Waals surface area contributed by atoms with Crippen molar-refractivity contribution in [3.8, 4) is 23.0 Å². The predicted molar refractivity (Wildman–Crippen MR) is 146 cm³/mol. The molecule has 0 aliphatic rings. The first-order valence-electron chi connectivity index (χ1n) is 12.1. The number of hydrogen-bond acceptors (Lipinski definition) is 2. The lowest BCUT2D eigenvalue weighted by molar-refractivity contribution is 0.472. The van der Waals surface area contributed by atoms with E-state index in [2.05, 4.69) is 77.1 Å². The van der Waals surface area contributed by atoms with Crippen LogP contribution in [0, 0.1) is 6.92 Å². The highest BCUT2D eigenvalue weighted by Crippen LogP contribution is 2.36. The fraction of sp³-hybridized carbons (Fsp3) is 0.250. The summed E-state index contributed by atoms with van der Waals surface area (Å²) in [6, 6.07) is 30.5. The van der Waals surface area contributed by atoms with Gasteiger partial charge in [-0.3, -0.25) is 0 Å². The summed E-state index contributed by atoms with van der Waals surface area (Å²) in [5, 5.41) is 0.603. The molecule has 0 aromatic heterocycles. The molecule has 0 amide bonds. The number of para-hydroxylation sites is 1. The van der Waals surface area contributed by atoms with Gasteiger partial charge in [0.15, 0.2) is 0 Å². The first kappa shape index (κ1) is 24.9. The second kappa shape index (κ2) is 10.6. The molecule has 0 saturated heterocycles. The van der Waals surface area contributed by atoms with Gasteiger partial charge in [0.1, 0.15) is 23.0 Å². The van der Waals surface area contributed by atoms with Crippen LogP contribution in [0.5, 0.6) is 23.0 Å². The van der Waals surface area contributed by atoms with Gasteiger partial charge >= 0.3 is 0 Å².